The Kier molecular flexibility index (Phi) is 8.88. The van der Waals surface area contributed by atoms with E-state index in [1.807, 2.05) is 18.2 Å². The molecule has 3 rings (SSSR count). The molecule has 0 aliphatic carbocycles. The Morgan fingerprint density at radius 3 is 2.67 bits per heavy atom. The number of amides is 1. The standard InChI is InChI=1S/C25H27FN6O/c26-20-6-3-4-18(16-20)10-12-30-24-22(25(33)31-15-14-29-13-11-27)8-9-23(32-24)21-7-2-1-5-19(21)17-28/h1-9,16,29H,10-15,27H2,(H,30,32)(H,31,33). The van der Waals surface area contributed by atoms with E-state index in [9.17, 15) is 14.4 Å². The Morgan fingerprint density at radius 2 is 1.88 bits per heavy atom. The van der Waals surface area contributed by atoms with Crippen molar-refractivity contribution >= 4 is 11.7 Å². The van der Waals surface area contributed by atoms with Gasteiger partial charge in [-0.25, -0.2) is 9.37 Å². The largest absolute Gasteiger partial charge is 0.369 e. The molecule has 33 heavy (non-hydrogen) atoms. The second kappa shape index (κ2) is 12.3. The number of nitrogens with zero attached hydrogens (tertiary/aromatic N) is 2. The van der Waals surface area contributed by atoms with Gasteiger partial charge in [-0.2, -0.15) is 5.26 Å². The van der Waals surface area contributed by atoms with Gasteiger partial charge < -0.3 is 21.7 Å². The summed E-state index contributed by atoms with van der Waals surface area (Å²) in [5.41, 5.74) is 8.46. The van der Waals surface area contributed by atoms with Crippen molar-refractivity contribution in [1.29, 1.82) is 5.26 Å². The number of anilines is 1. The van der Waals surface area contributed by atoms with Crippen LogP contribution in [0.15, 0.2) is 60.7 Å². The van der Waals surface area contributed by atoms with Gasteiger partial charge in [0.2, 0.25) is 0 Å². The zero-order valence-corrected chi connectivity index (χ0v) is 18.3. The fraction of sp³-hybridized carbons (Fsp3) is 0.240. The van der Waals surface area contributed by atoms with Crippen molar-refractivity contribution in [2.75, 3.05) is 38.0 Å². The minimum atomic E-state index is -0.288. The van der Waals surface area contributed by atoms with Crippen LogP contribution in [-0.4, -0.2) is 43.6 Å². The van der Waals surface area contributed by atoms with Gasteiger partial charge in [0.25, 0.3) is 5.91 Å². The van der Waals surface area contributed by atoms with Gasteiger partial charge in [0.1, 0.15) is 11.6 Å². The van der Waals surface area contributed by atoms with Crippen molar-refractivity contribution in [3.8, 4) is 17.3 Å². The number of nitrogens with one attached hydrogen (secondary N) is 3. The monoisotopic (exact) mass is 446 g/mol. The lowest BCUT2D eigenvalue weighted by molar-refractivity contribution is 0.0954. The molecule has 0 aliphatic rings. The van der Waals surface area contributed by atoms with Crippen LogP contribution in [0.1, 0.15) is 21.5 Å². The van der Waals surface area contributed by atoms with Gasteiger partial charge in [-0.15, -0.1) is 0 Å². The van der Waals surface area contributed by atoms with Crippen LogP contribution in [0.5, 0.6) is 0 Å². The third kappa shape index (κ3) is 6.84. The summed E-state index contributed by atoms with van der Waals surface area (Å²) in [6.07, 6.45) is 0.558. The number of halogens is 1. The lowest BCUT2D eigenvalue weighted by atomic mass is 10.0. The molecule has 0 radical (unpaired) electrons. The van der Waals surface area contributed by atoms with E-state index in [0.29, 0.717) is 67.3 Å². The second-order valence-electron chi connectivity index (χ2n) is 7.35. The van der Waals surface area contributed by atoms with Crippen molar-refractivity contribution in [1.82, 2.24) is 15.6 Å². The minimum Gasteiger partial charge on any atom is -0.369 e. The zero-order valence-electron chi connectivity index (χ0n) is 18.3. The Balaban J connectivity index is 1.80. The van der Waals surface area contributed by atoms with E-state index in [2.05, 4.69) is 27.0 Å². The maximum Gasteiger partial charge on any atom is 0.255 e. The van der Waals surface area contributed by atoms with Gasteiger partial charge >= 0.3 is 0 Å². The number of pyridine rings is 1. The summed E-state index contributed by atoms with van der Waals surface area (Å²) in [5, 5.41) is 18.6. The highest BCUT2D eigenvalue weighted by atomic mass is 19.1. The van der Waals surface area contributed by atoms with E-state index in [4.69, 9.17) is 5.73 Å². The first-order valence-electron chi connectivity index (χ1n) is 10.8. The van der Waals surface area contributed by atoms with Gasteiger partial charge in [-0.05, 0) is 42.3 Å². The molecule has 170 valence electrons. The van der Waals surface area contributed by atoms with Crippen molar-refractivity contribution in [3.63, 3.8) is 0 Å². The quantitative estimate of drug-likeness (QED) is 0.337. The zero-order chi connectivity index (χ0) is 23.5. The molecule has 5 N–H and O–H groups in total. The number of benzene rings is 2. The molecule has 8 heteroatoms. The van der Waals surface area contributed by atoms with E-state index in [1.54, 1.807) is 30.3 Å². The van der Waals surface area contributed by atoms with Crippen LogP contribution in [0.4, 0.5) is 10.2 Å². The van der Waals surface area contributed by atoms with Crippen LogP contribution in [-0.2, 0) is 6.42 Å². The van der Waals surface area contributed by atoms with E-state index < -0.39 is 0 Å². The number of carbonyl (C=O) groups excluding carboxylic acids is 1. The average Bonchev–Trinajstić information content (AvgIpc) is 2.83. The SMILES string of the molecule is N#Cc1ccccc1-c1ccc(C(=O)NCCNCCN)c(NCCc2cccc(F)c2)n1. The minimum absolute atomic E-state index is 0.259. The summed E-state index contributed by atoms with van der Waals surface area (Å²) in [4.78, 5) is 17.5. The number of rotatable bonds is 11. The van der Waals surface area contributed by atoms with E-state index in [-0.39, 0.29) is 11.7 Å². The Labute approximate surface area is 192 Å². The van der Waals surface area contributed by atoms with E-state index in [1.165, 1.54) is 12.1 Å². The van der Waals surface area contributed by atoms with E-state index >= 15 is 0 Å². The highest BCUT2D eigenvalue weighted by Crippen LogP contribution is 2.25. The third-order valence-electron chi connectivity index (χ3n) is 4.97. The van der Waals surface area contributed by atoms with Crippen LogP contribution < -0.4 is 21.7 Å². The number of carbonyl (C=O) groups is 1. The van der Waals surface area contributed by atoms with Crippen molar-refractivity contribution in [2.45, 2.75) is 6.42 Å². The molecule has 0 spiro atoms. The lowest BCUT2D eigenvalue weighted by Gasteiger charge is -2.14. The van der Waals surface area contributed by atoms with Gasteiger partial charge in [0.15, 0.2) is 0 Å². The Bertz CT molecular complexity index is 1130. The van der Waals surface area contributed by atoms with Gasteiger partial charge in [-0.3, -0.25) is 4.79 Å². The third-order valence-corrected chi connectivity index (χ3v) is 4.97. The molecule has 0 bridgehead atoms. The summed E-state index contributed by atoms with van der Waals surface area (Å²) >= 11 is 0. The molecule has 0 aliphatic heterocycles. The number of hydrogen-bond donors (Lipinski definition) is 4. The fourth-order valence-corrected chi connectivity index (χ4v) is 3.34. The molecule has 1 amide bonds. The predicted molar refractivity (Wildman–Crippen MR) is 127 cm³/mol. The first kappa shape index (κ1) is 23.9. The van der Waals surface area contributed by atoms with Crippen molar-refractivity contribution in [2.24, 2.45) is 5.73 Å². The summed E-state index contributed by atoms with van der Waals surface area (Å²) in [6, 6.07) is 19.2. The topological polar surface area (TPSA) is 116 Å². The average molecular weight is 447 g/mol. The van der Waals surface area contributed by atoms with Gasteiger partial charge in [0.05, 0.1) is 22.9 Å². The molecule has 1 aromatic heterocycles. The molecular weight excluding hydrogens is 419 g/mol. The molecule has 3 aromatic rings. The maximum absolute atomic E-state index is 13.5. The van der Waals surface area contributed by atoms with Crippen molar-refractivity contribution < 1.29 is 9.18 Å². The molecule has 0 saturated heterocycles. The number of hydrogen-bond acceptors (Lipinski definition) is 6. The molecule has 0 fully saturated rings. The fourth-order valence-electron chi connectivity index (χ4n) is 3.34. The predicted octanol–water partition coefficient (Wildman–Crippen LogP) is 2.69. The van der Waals surface area contributed by atoms with Gasteiger partial charge in [0, 0.05) is 38.3 Å². The second-order valence-corrected chi connectivity index (χ2v) is 7.35. The van der Waals surface area contributed by atoms with Crippen LogP contribution >= 0.6 is 0 Å². The lowest BCUT2D eigenvalue weighted by Crippen LogP contribution is -2.34. The normalized spacial score (nSPS) is 10.5. The Morgan fingerprint density at radius 1 is 1.03 bits per heavy atom. The Hall–Kier alpha value is -3.80. The number of nitriles is 1. The van der Waals surface area contributed by atoms with Gasteiger partial charge in [-0.1, -0.05) is 30.3 Å². The maximum atomic E-state index is 13.5. The summed E-state index contributed by atoms with van der Waals surface area (Å²) in [7, 11) is 0. The van der Waals surface area contributed by atoms with Crippen molar-refractivity contribution in [3.05, 3.63) is 83.2 Å². The summed E-state index contributed by atoms with van der Waals surface area (Å²) in [6.45, 7) is 2.71. The first-order valence-corrected chi connectivity index (χ1v) is 10.8. The molecule has 0 unspecified atom stereocenters. The van der Waals surface area contributed by atoms with E-state index in [0.717, 1.165) is 5.56 Å². The molecule has 1 heterocycles. The first-order chi connectivity index (χ1) is 16.1. The van der Waals surface area contributed by atoms with Crippen LogP contribution in [0.2, 0.25) is 0 Å². The highest BCUT2D eigenvalue weighted by molar-refractivity contribution is 5.99. The summed E-state index contributed by atoms with van der Waals surface area (Å²) < 4.78 is 13.5. The van der Waals surface area contributed by atoms with Crippen LogP contribution in [0.25, 0.3) is 11.3 Å². The highest BCUT2D eigenvalue weighted by Gasteiger charge is 2.15. The number of aromatic nitrogens is 1. The number of nitrogens with two attached hydrogens (primary N) is 1. The van der Waals surface area contributed by atoms with Crippen LogP contribution in [0, 0.1) is 17.1 Å². The van der Waals surface area contributed by atoms with Crippen LogP contribution in [0.3, 0.4) is 0 Å². The molecule has 2 aromatic carbocycles. The smallest absolute Gasteiger partial charge is 0.255 e. The molecule has 0 saturated carbocycles. The molecular formula is C25H27FN6O. The molecule has 0 atom stereocenters. The molecule has 7 nitrogen and oxygen atoms in total. The summed E-state index contributed by atoms with van der Waals surface area (Å²) in [5.74, 6) is -0.140.